The number of rotatable bonds is 2. The van der Waals surface area contributed by atoms with Gasteiger partial charge in [-0.25, -0.2) is 0 Å². The first-order valence-corrected chi connectivity index (χ1v) is 6.24. The van der Waals surface area contributed by atoms with Crippen molar-refractivity contribution < 1.29 is 26.3 Å². The average molecular weight is 313 g/mol. The Morgan fingerprint density at radius 3 is 1.48 bits per heavy atom. The second-order valence-corrected chi connectivity index (χ2v) is 5.96. The summed E-state index contributed by atoms with van der Waals surface area (Å²) < 4.78 is 75.7. The summed E-state index contributed by atoms with van der Waals surface area (Å²) in [6, 6.07) is 3.25. The molecule has 7 heteroatoms. The van der Waals surface area contributed by atoms with Crippen LogP contribution in [0.4, 0.5) is 26.3 Å². The molecule has 21 heavy (non-hydrogen) atoms. The topological polar surface area (TPSA) is 26.0 Å². The zero-order chi connectivity index (χ0) is 16.6. The van der Waals surface area contributed by atoms with E-state index in [0.717, 1.165) is 5.56 Å². The molecule has 1 aromatic rings. The SMILES string of the molecule is CC(C)(C)c1ccc(C(N)C(C(F)(F)F)C(F)(F)F)cc1. The van der Waals surface area contributed by atoms with Crippen LogP contribution in [0.25, 0.3) is 0 Å². The lowest BCUT2D eigenvalue weighted by Gasteiger charge is -2.29. The van der Waals surface area contributed by atoms with E-state index in [4.69, 9.17) is 5.73 Å². The summed E-state index contributed by atoms with van der Waals surface area (Å²) in [6.45, 7) is 5.66. The Morgan fingerprint density at radius 1 is 0.810 bits per heavy atom. The largest absolute Gasteiger partial charge is 0.402 e. The Morgan fingerprint density at radius 2 is 1.19 bits per heavy atom. The van der Waals surface area contributed by atoms with E-state index in [9.17, 15) is 26.3 Å². The van der Waals surface area contributed by atoms with Crippen molar-refractivity contribution in [3.05, 3.63) is 35.4 Å². The van der Waals surface area contributed by atoms with Crippen molar-refractivity contribution in [1.82, 2.24) is 0 Å². The van der Waals surface area contributed by atoms with Crippen molar-refractivity contribution >= 4 is 0 Å². The fraction of sp³-hybridized carbons (Fsp3) is 0.571. The molecule has 0 aliphatic rings. The molecule has 0 aliphatic heterocycles. The third-order valence-electron chi connectivity index (χ3n) is 3.23. The Labute approximate surface area is 119 Å². The van der Waals surface area contributed by atoms with Gasteiger partial charge in [0, 0.05) is 0 Å². The van der Waals surface area contributed by atoms with Crippen LogP contribution >= 0.6 is 0 Å². The Kier molecular flexibility index (Phi) is 4.68. The molecular formula is C14H17F6N. The zero-order valence-corrected chi connectivity index (χ0v) is 11.8. The van der Waals surface area contributed by atoms with Crippen molar-refractivity contribution in [2.75, 3.05) is 0 Å². The van der Waals surface area contributed by atoms with E-state index < -0.39 is 24.3 Å². The van der Waals surface area contributed by atoms with Gasteiger partial charge in [0.1, 0.15) is 0 Å². The van der Waals surface area contributed by atoms with Gasteiger partial charge in [-0.3, -0.25) is 0 Å². The van der Waals surface area contributed by atoms with Gasteiger partial charge in [0.05, 0.1) is 6.04 Å². The Balaban J connectivity index is 3.14. The van der Waals surface area contributed by atoms with Gasteiger partial charge in [-0.2, -0.15) is 26.3 Å². The van der Waals surface area contributed by atoms with Gasteiger partial charge in [-0.05, 0) is 16.5 Å². The van der Waals surface area contributed by atoms with E-state index in [-0.39, 0.29) is 11.0 Å². The van der Waals surface area contributed by atoms with Gasteiger partial charge in [0.25, 0.3) is 0 Å². The maximum absolute atomic E-state index is 12.6. The highest BCUT2D eigenvalue weighted by atomic mass is 19.4. The number of halogens is 6. The number of benzene rings is 1. The molecular weight excluding hydrogens is 296 g/mol. The Hall–Kier alpha value is -1.24. The van der Waals surface area contributed by atoms with Crippen LogP contribution in [0.1, 0.15) is 37.9 Å². The van der Waals surface area contributed by atoms with E-state index in [0.29, 0.717) is 0 Å². The quantitative estimate of drug-likeness (QED) is 0.785. The van der Waals surface area contributed by atoms with Crippen LogP contribution in [-0.2, 0) is 5.41 Å². The summed E-state index contributed by atoms with van der Waals surface area (Å²) in [4.78, 5) is 0. The normalized spacial score (nSPS) is 15.4. The standard InChI is InChI=1S/C14H17F6N/c1-12(2,3)9-6-4-8(5-7-9)10(21)11(13(15,16)17)14(18,19)20/h4-7,10-11H,21H2,1-3H3. The fourth-order valence-corrected chi connectivity index (χ4v) is 1.99. The third kappa shape index (κ3) is 4.36. The van der Waals surface area contributed by atoms with Crippen LogP contribution in [0, 0.1) is 5.92 Å². The highest BCUT2D eigenvalue weighted by molar-refractivity contribution is 5.29. The summed E-state index contributed by atoms with van der Waals surface area (Å²) in [5.41, 5.74) is 5.58. The van der Waals surface area contributed by atoms with Crippen LogP contribution in [0.3, 0.4) is 0 Å². The van der Waals surface area contributed by atoms with E-state index in [1.165, 1.54) is 24.3 Å². The molecule has 120 valence electrons. The van der Waals surface area contributed by atoms with Crippen LogP contribution in [0.15, 0.2) is 24.3 Å². The van der Waals surface area contributed by atoms with Crippen molar-refractivity contribution in [2.45, 2.75) is 44.6 Å². The zero-order valence-electron chi connectivity index (χ0n) is 11.8. The van der Waals surface area contributed by atoms with Gasteiger partial charge in [-0.1, -0.05) is 45.0 Å². The molecule has 0 spiro atoms. The summed E-state index contributed by atoms with van der Waals surface area (Å²) in [5, 5.41) is 0. The lowest BCUT2D eigenvalue weighted by molar-refractivity contribution is -0.290. The smallest absolute Gasteiger partial charge is 0.323 e. The maximum atomic E-state index is 12.6. The molecule has 0 saturated carbocycles. The molecule has 1 nitrogen and oxygen atoms in total. The molecule has 2 N–H and O–H groups in total. The molecule has 1 atom stereocenters. The molecule has 0 amide bonds. The third-order valence-corrected chi connectivity index (χ3v) is 3.23. The lowest BCUT2D eigenvalue weighted by Crippen LogP contribution is -2.44. The fourth-order valence-electron chi connectivity index (χ4n) is 1.99. The summed E-state index contributed by atoms with van der Waals surface area (Å²) in [6.07, 6.45) is -10.9. The molecule has 0 aromatic heterocycles. The monoisotopic (exact) mass is 313 g/mol. The van der Waals surface area contributed by atoms with Crippen molar-refractivity contribution in [1.29, 1.82) is 0 Å². The van der Waals surface area contributed by atoms with Crippen LogP contribution in [0.2, 0.25) is 0 Å². The highest BCUT2D eigenvalue weighted by Crippen LogP contribution is 2.45. The van der Waals surface area contributed by atoms with Gasteiger partial charge in [0.15, 0.2) is 5.92 Å². The van der Waals surface area contributed by atoms with Crippen molar-refractivity contribution in [3.8, 4) is 0 Å². The van der Waals surface area contributed by atoms with Gasteiger partial charge >= 0.3 is 12.4 Å². The van der Waals surface area contributed by atoms with E-state index in [1.54, 1.807) is 0 Å². The highest BCUT2D eigenvalue weighted by Gasteiger charge is 2.59. The van der Waals surface area contributed by atoms with E-state index in [2.05, 4.69) is 0 Å². The first-order valence-electron chi connectivity index (χ1n) is 6.24. The predicted octanol–water partition coefficient (Wildman–Crippen LogP) is 4.72. The van der Waals surface area contributed by atoms with Crippen LogP contribution < -0.4 is 5.73 Å². The van der Waals surface area contributed by atoms with Gasteiger partial charge < -0.3 is 5.73 Å². The number of alkyl halides is 6. The minimum atomic E-state index is -5.44. The van der Waals surface area contributed by atoms with Crippen LogP contribution in [-0.4, -0.2) is 12.4 Å². The van der Waals surface area contributed by atoms with Crippen LogP contribution in [0.5, 0.6) is 0 Å². The lowest BCUT2D eigenvalue weighted by atomic mass is 9.85. The second-order valence-electron chi connectivity index (χ2n) is 5.96. The molecule has 0 bridgehead atoms. The molecule has 1 rings (SSSR count). The average Bonchev–Trinajstić information content (AvgIpc) is 2.24. The minimum Gasteiger partial charge on any atom is -0.323 e. The first kappa shape index (κ1) is 17.8. The summed E-state index contributed by atoms with van der Waals surface area (Å²) in [5.74, 6) is -3.58. The summed E-state index contributed by atoms with van der Waals surface area (Å²) >= 11 is 0. The molecule has 0 fully saturated rings. The minimum absolute atomic E-state index is 0.192. The first-order chi connectivity index (χ1) is 9.24. The molecule has 1 unspecified atom stereocenters. The summed E-state index contributed by atoms with van der Waals surface area (Å²) in [7, 11) is 0. The molecule has 0 aliphatic carbocycles. The second kappa shape index (κ2) is 5.51. The van der Waals surface area contributed by atoms with Crippen molar-refractivity contribution in [3.63, 3.8) is 0 Å². The van der Waals surface area contributed by atoms with Gasteiger partial charge in [0.2, 0.25) is 0 Å². The number of hydrogen-bond acceptors (Lipinski definition) is 1. The molecule has 0 radical (unpaired) electrons. The number of hydrogen-bond donors (Lipinski definition) is 1. The maximum Gasteiger partial charge on any atom is 0.402 e. The predicted molar refractivity (Wildman–Crippen MR) is 67.7 cm³/mol. The molecule has 0 saturated heterocycles. The van der Waals surface area contributed by atoms with Crippen molar-refractivity contribution in [2.24, 2.45) is 11.7 Å². The van der Waals surface area contributed by atoms with Gasteiger partial charge in [-0.15, -0.1) is 0 Å². The van der Waals surface area contributed by atoms with E-state index >= 15 is 0 Å². The molecule has 1 aromatic carbocycles. The number of nitrogens with two attached hydrogens (primary N) is 1. The van der Waals surface area contributed by atoms with E-state index in [1.807, 2.05) is 20.8 Å². The Bertz CT molecular complexity index is 452. The molecule has 0 heterocycles.